The van der Waals surface area contributed by atoms with Crippen LogP contribution in [-0.2, 0) is 10.0 Å². The number of aliphatic hydroxyl groups is 1. The third kappa shape index (κ3) is 8.32. The number of carbonyl (C=O) groups is 1. The number of nitrogens with two attached hydrogens (primary N) is 1. The van der Waals surface area contributed by atoms with Crippen LogP contribution in [-0.4, -0.2) is 62.7 Å². The second-order valence-electron chi connectivity index (χ2n) is 7.00. The van der Waals surface area contributed by atoms with E-state index < -0.39 is 22.0 Å². The molecule has 0 heterocycles. The summed E-state index contributed by atoms with van der Waals surface area (Å²) < 4.78 is 36.3. The standard InChI is InChI=1S/C20H27N3O7S/c1-13(11-29-15-7-8-16(20(21)26)18(25)9-15)22-10-14(24)12-30-19-6-4-3-5-17(19)23-31(2,27)28/h3-9,13-14,22-25H,10-12H2,1-2H3,(H2,21,26). The van der Waals surface area contributed by atoms with Crippen molar-refractivity contribution in [2.45, 2.75) is 19.1 Å². The Hall–Kier alpha value is -3.02. The van der Waals surface area contributed by atoms with Gasteiger partial charge in [0.05, 0.1) is 17.5 Å². The zero-order valence-corrected chi connectivity index (χ0v) is 18.1. The Labute approximate surface area is 181 Å². The van der Waals surface area contributed by atoms with Gasteiger partial charge in [-0.1, -0.05) is 12.1 Å². The Morgan fingerprint density at radius 3 is 2.52 bits per heavy atom. The number of hydrogen-bond donors (Lipinski definition) is 5. The number of amides is 1. The number of carbonyl (C=O) groups excluding carboxylic acids is 1. The molecule has 1 amide bonds. The van der Waals surface area contributed by atoms with E-state index in [1.807, 2.05) is 6.92 Å². The first kappa shape index (κ1) is 24.3. The number of nitrogens with one attached hydrogen (secondary N) is 2. The normalized spacial score (nSPS) is 13.3. The van der Waals surface area contributed by atoms with Crippen molar-refractivity contribution in [3.05, 3.63) is 48.0 Å². The van der Waals surface area contributed by atoms with E-state index in [4.69, 9.17) is 15.2 Å². The Morgan fingerprint density at radius 1 is 1.16 bits per heavy atom. The van der Waals surface area contributed by atoms with Gasteiger partial charge in [-0.15, -0.1) is 0 Å². The number of anilines is 1. The van der Waals surface area contributed by atoms with Gasteiger partial charge in [0.15, 0.2) is 0 Å². The minimum atomic E-state index is -3.46. The third-order valence-electron chi connectivity index (χ3n) is 4.05. The quantitative estimate of drug-likeness (QED) is 0.313. The van der Waals surface area contributed by atoms with Crippen LogP contribution < -0.4 is 25.2 Å². The van der Waals surface area contributed by atoms with Gasteiger partial charge in [0, 0.05) is 18.7 Å². The number of sulfonamides is 1. The van der Waals surface area contributed by atoms with Crippen LogP contribution in [0.25, 0.3) is 0 Å². The fourth-order valence-electron chi connectivity index (χ4n) is 2.55. The van der Waals surface area contributed by atoms with Gasteiger partial charge in [0.2, 0.25) is 10.0 Å². The first-order valence-electron chi connectivity index (χ1n) is 9.42. The largest absolute Gasteiger partial charge is 0.507 e. The average molecular weight is 454 g/mol. The van der Waals surface area contributed by atoms with Crippen LogP contribution in [0.2, 0.25) is 0 Å². The molecule has 2 atom stereocenters. The molecule has 2 rings (SSSR count). The minimum Gasteiger partial charge on any atom is -0.507 e. The maximum Gasteiger partial charge on any atom is 0.252 e. The van der Waals surface area contributed by atoms with Crippen molar-refractivity contribution >= 4 is 21.6 Å². The van der Waals surface area contributed by atoms with Crippen molar-refractivity contribution in [1.82, 2.24) is 5.32 Å². The fraction of sp³-hybridized carbons (Fsp3) is 0.350. The number of aromatic hydroxyl groups is 1. The molecule has 0 radical (unpaired) electrons. The molecule has 0 aliphatic heterocycles. The molecule has 0 fully saturated rings. The molecule has 0 aromatic heterocycles. The first-order chi connectivity index (χ1) is 14.5. The molecule has 0 aliphatic rings. The van der Waals surface area contributed by atoms with Crippen LogP contribution >= 0.6 is 0 Å². The average Bonchev–Trinajstić information content (AvgIpc) is 2.68. The lowest BCUT2D eigenvalue weighted by molar-refractivity contribution is 0.0997. The SMILES string of the molecule is CC(COc1ccc(C(N)=O)c(O)c1)NCC(O)COc1ccccc1NS(C)(=O)=O. The molecule has 6 N–H and O–H groups in total. The summed E-state index contributed by atoms with van der Waals surface area (Å²) in [5.74, 6) is -0.313. The van der Waals surface area contributed by atoms with Gasteiger partial charge < -0.3 is 30.7 Å². The van der Waals surface area contributed by atoms with Gasteiger partial charge in [-0.05, 0) is 31.2 Å². The maximum absolute atomic E-state index is 11.4. The second kappa shape index (κ2) is 10.8. The van der Waals surface area contributed by atoms with Gasteiger partial charge >= 0.3 is 0 Å². The number of phenols is 1. The zero-order chi connectivity index (χ0) is 23.0. The van der Waals surface area contributed by atoms with E-state index in [-0.39, 0.29) is 42.8 Å². The fourth-order valence-corrected chi connectivity index (χ4v) is 3.12. The number of ether oxygens (including phenoxy) is 2. The lowest BCUT2D eigenvalue weighted by Crippen LogP contribution is -2.39. The lowest BCUT2D eigenvalue weighted by Gasteiger charge is -2.19. The van der Waals surface area contributed by atoms with Crippen molar-refractivity contribution in [3.63, 3.8) is 0 Å². The van der Waals surface area contributed by atoms with Gasteiger partial charge in [-0.25, -0.2) is 8.42 Å². The van der Waals surface area contributed by atoms with Crippen LogP contribution in [0.5, 0.6) is 17.2 Å². The van der Waals surface area contributed by atoms with Crippen molar-refractivity contribution in [1.29, 1.82) is 0 Å². The van der Waals surface area contributed by atoms with E-state index in [1.165, 1.54) is 18.2 Å². The van der Waals surface area contributed by atoms with E-state index in [0.717, 1.165) is 6.26 Å². The second-order valence-corrected chi connectivity index (χ2v) is 8.75. The Kier molecular flexibility index (Phi) is 8.48. The highest BCUT2D eigenvalue weighted by molar-refractivity contribution is 7.92. The molecule has 0 aliphatic carbocycles. The van der Waals surface area contributed by atoms with Crippen LogP contribution in [0.3, 0.4) is 0 Å². The summed E-state index contributed by atoms with van der Waals surface area (Å²) in [5, 5.41) is 23.0. The van der Waals surface area contributed by atoms with Crippen LogP contribution in [0.15, 0.2) is 42.5 Å². The molecule has 10 nitrogen and oxygen atoms in total. The molecular weight excluding hydrogens is 426 g/mol. The molecule has 2 aromatic carbocycles. The number of para-hydroxylation sites is 2. The topological polar surface area (TPSA) is 160 Å². The summed E-state index contributed by atoms with van der Waals surface area (Å²) in [5.41, 5.74) is 5.44. The van der Waals surface area contributed by atoms with Crippen molar-refractivity contribution in [2.24, 2.45) is 5.73 Å². The van der Waals surface area contributed by atoms with E-state index >= 15 is 0 Å². The number of benzene rings is 2. The molecule has 2 unspecified atom stereocenters. The summed E-state index contributed by atoms with van der Waals surface area (Å²) in [6.45, 7) is 2.24. The summed E-state index contributed by atoms with van der Waals surface area (Å²) in [7, 11) is -3.46. The molecule has 31 heavy (non-hydrogen) atoms. The first-order valence-corrected chi connectivity index (χ1v) is 11.3. The summed E-state index contributed by atoms with van der Waals surface area (Å²) in [6.07, 6.45) is 0.187. The van der Waals surface area contributed by atoms with Crippen LogP contribution in [0, 0.1) is 0 Å². The molecule has 0 saturated carbocycles. The molecule has 0 spiro atoms. The predicted molar refractivity (Wildman–Crippen MR) is 116 cm³/mol. The maximum atomic E-state index is 11.4. The monoisotopic (exact) mass is 453 g/mol. The molecule has 170 valence electrons. The van der Waals surface area contributed by atoms with Crippen molar-refractivity contribution < 1.29 is 32.9 Å². The van der Waals surface area contributed by atoms with E-state index in [2.05, 4.69) is 10.0 Å². The van der Waals surface area contributed by atoms with Crippen molar-refractivity contribution in [3.8, 4) is 17.2 Å². The van der Waals surface area contributed by atoms with Gasteiger partial charge in [0.1, 0.15) is 36.6 Å². The third-order valence-corrected chi connectivity index (χ3v) is 4.64. The Balaban J connectivity index is 1.77. The summed E-state index contributed by atoms with van der Waals surface area (Å²) >= 11 is 0. The highest BCUT2D eigenvalue weighted by Gasteiger charge is 2.13. The molecule has 0 bridgehead atoms. The Bertz CT molecular complexity index is 998. The molecular formula is C20H27N3O7S. The minimum absolute atomic E-state index is 0.00922. The molecule has 11 heteroatoms. The van der Waals surface area contributed by atoms with E-state index in [0.29, 0.717) is 11.5 Å². The number of primary amides is 1. The van der Waals surface area contributed by atoms with Crippen LogP contribution in [0.1, 0.15) is 17.3 Å². The predicted octanol–water partition coefficient (Wildman–Crippen LogP) is 0.659. The number of hydrogen-bond acceptors (Lipinski definition) is 8. The highest BCUT2D eigenvalue weighted by Crippen LogP contribution is 2.25. The van der Waals surface area contributed by atoms with E-state index in [9.17, 15) is 23.4 Å². The van der Waals surface area contributed by atoms with E-state index in [1.54, 1.807) is 24.3 Å². The molecule has 2 aromatic rings. The number of rotatable bonds is 12. The van der Waals surface area contributed by atoms with Gasteiger partial charge in [0.25, 0.3) is 5.91 Å². The van der Waals surface area contributed by atoms with Gasteiger partial charge in [-0.2, -0.15) is 0 Å². The number of aliphatic hydroxyl groups excluding tert-OH is 1. The van der Waals surface area contributed by atoms with Gasteiger partial charge in [-0.3, -0.25) is 9.52 Å². The van der Waals surface area contributed by atoms with Crippen LogP contribution in [0.4, 0.5) is 5.69 Å². The lowest BCUT2D eigenvalue weighted by atomic mass is 10.2. The summed E-state index contributed by atoms with van der Waals surface area (Å²) in [4.78, 5) is 11.1. The molecule has 0 saturated heterocycles. The Morgan fingerprint density at radius 2 is 1.87 bits per heavy atom. The highest BCUT2D eigenvalue weighted by atomic mass is 32.2. The zero-order valence-electron chi connectivity index (χ0n) is 17.2. The smallest absolute Gasteiger partial charge is 0.252 e. The summed E-state index contributed by atoms with van der Waals surface area (Å²) in [6, 6.07) is 10.6. The van der Waals surface area contributed by atoms with Crippen molar-refractivity contribution in [2.75, 3.05) is 30.7 Å².